The van der Waals surface area contributed by atoms with E-state index in [-0.39, 0.29) is 17.9 Å². The van der Waals surface area contributed by atoms with Crippen molar-refractivity contribution < 1.29 is 4.79 Å². The van der Waals surface area contributed by atoms with Crippen molar-refractivity contribution in [3.05, 3.63) is 92.9 Å². The van der Waals surface area contributed by atoms with Crippen LogP contribution in [-0.2, 0) is 11.2 Å². The van der Waals surface area contributed by atoms with Gasteiger partial charge in [-0.3, -0.25) is 20.2 Å². The minimum Gasteiger partial charge on any atom is -0.285 e. The summed E-state index contributed by atoms with van der Waals surface area (Å²) < 4.78 is 0. The maximum atomic E-state index is 13.5. The van der Waals surface area contributed by atoms with Gasteiger partial charge in [0.2, 0.25) is 0 Å². The average Bonchev–Trinajstić information content (AvgIpc) is 3.41. The molecule has 0 spiro atoms. The van der Waals surface area contributed by atoms with E-state index < -0.39 is 0 Å². The van der Waals surface area contributed by atoms with Gasteiger partial charge in [-0.15, -0.1) is 0 Å². The summed E-state index contributed by atoms with van der Waals surface area (Å²) in [4.78, 5) is 13.5. The quantitative estimate of drug-likeness (QED) is 0.414. The fourth-order valence-electron chi connectivity index (χ4n) is 4.74. The average molecular weight is 514 g/mol. The molecule has 0 saturated heterocycles. The van der Waals surface area contributed by atoms with E-state index in [9.17, 15) is 4.79 Å². The summed E-state index contributed by atoms with van der Waals surface area (Å²) in [5.41, 5.74) is 7.49. The molecule has 5 nitrogen and oxygen atoms in total. The highest BCUT2D eigenvalue weighted by Crippen LogP contribution is 2.44. The van der Waals surface area contributed by atoms with Gasteiger partial charge in [-0.05, 0) is 60.4 Å². The highest BCUT2D eigenvalue weighted by atomic mass is 35.5. The molecule has 174 valence electrons. The Morgan fingerprint density at radius 2 is 1.74 bits per heavy atom. The van der Waals surface area contributed by atoms with Crippen LogP contribution in [0.1, 0.15) is 30.5 Å². The van der Waals surface area contributed by atoms with Crippen LogP contribution in [0, 0.1) is 5.92 Å². The van der Waals surface area contributed by atoms with Crippen molar-refractivity contribution >= 4 is 57.8 Å². The van der Waals surface area contributed by atoms with Crippen molar-refractivity contribution in [2.75, 3.05) is 16.6 Å². The molecule has 2 heterocycles. The lowest BCUT2D eigenvalue weighted by atomic mass is 9.87. The number of nitrogens with zero attached hydrogens (tertiary/aromatic N) is 3. The normalized spacial score (nSPS) is 19.2. The Morgan fingerprint density at radius 3 is 2.47 bits per heavy atom. The number of carbonyl (C=O) groups is 1. The first-order valence-corrected chi connectivity index (χ1v) is 12.3. The molecule has 2 atom stereocenters. The maximum absolute atomic E-state index is 13.5. The summed E-state index contributed by atoms with van der Waals surface area (Å²) in [5, 5.41) is 10.2. The molecule has 1 amide bonds. The Kier molecular flexibility index (Phi) is 6.43. The van der Waals surface area contributed by atoms with Crippen LogP contribution in [0.2, 0.25) is 15.1 Å². The molecule has 0 aliphatic carbocycles. The van der Waals surface area contributed by atoms with E-state index in [1.165, 1.54) is 5.56 Å². The van der Waals surface area contributed by atoms with Crippen LogP contribution in [0.5, 0.6) is 0 Å². The molecule has 0 aromatic heterocycles. The standard InChI is InChI=1S/C26H23Cl3N4O/c1-2-20-24(26(34)31-32-14-13-16-5-3-4-6-22(16)32)30-33(23-12-11-19(28)15-21(23)29)25(20)17-7-9-18(27)10-8-17/h3-12,15,20,25H,2,13-14H2,1H3,(H,31,34)/t20-,25+/m0/s1. The van der Waals surface area contributed by atoms with Gasteiger partial charge in [0.1, 0.15) is 5.71 Å². The molecule has 2 aliphatic rings. The first-order chi connectivity index (χ1) is 16.5. The first-order valence-electron chi connectivity index (χ1n) is 11.2. The molecule has 0 saturated carbocycles. The molecule has 0 fully saturated rings. The number of halogens is 3. The number of nitrogens with one attached hydrogen (secondary N) is 1. The lowest BCUT2D eigenvalue weighted by molar-refractivity contribution is -0.115. The molecular weight excluding hydrogens is 491 g/mol. The number of carbonyl (C=O) groups excluding carboxylic acids is 1. The van der Waals surface area contributed by atoms with Crippen LogP contribution in [-0.4, -0.2) is 18.2 Å². The van der Waals surface area contributed by atoms with Gasteiger partial charge in [0.25, 0.3) is 5.91 Å². The molecule has 0 radical (unpaired) electrons. The zero-order valence-electron chi connectivity index (χ0n) is 18.5. The van der Waals surface area contributed by atoms with Crippen molar-refractivity contribution in [1.82, 2.24) is 5.43 Å². The van der Waals surface area contributed by atoms with Crippen LogP contribution >= 0.6 is 34.8 Å². The highest BCUT2D eigenvalue weighted by Gasteiger charge is 2.42. The van der Waals surface area contributed by atoms with Crippen molar-refractivity contribution in [2.45, 2.75) is 25.8 Å². The summed E-state index contributed by atoms with van der Waals surface area (Å²) in [6, 6.07) is 20.8. The van der Waals surface area contributed by atoms with E-state index in [0.29, 0.717) is 26.5 Å². The van der Waals surface area contributed by atoms with Crippen molar-refractivity contribution in [1.29, 1.82) is 0 Å². The number of para-hydroxylation sites is 1. The maximum Gasteiger partial charge on any atom is 0.286 e. The van der Waals surface area contributed by atoms with Gasteiger partial charge >= 0.3 is 0 Å². The molecule has 34 heavy (non-hydrogen) atoms. The lowest BCUT2D eigenvalue weighted by Gasteiger charge is -2.29. The number of hydrogen-bond donors (Lipinski definition) is 1. The largest absolute Gasteiger partial charge is 0.286 e. The fraction of sp³-hybridized carbons (Fsp3) is 0.231. The number of amides is 1. The van der Waals surface area contributed by atoms with E-state index in [1.807, 2.05) is 58.5 Å². The third kappa shape index (κ3) is 4.24. The minimum atomic E-state index is -0.215. The van der Waals surface area contributed by atoms with Crippen molar-refractivity contribution in [3.63, 3.8) is 0 Å². The van der Waals surface area contributed by atoms with E-state index in [1.54, 1.807) is 12.1 Å². The van der Waals surface area contributed by atoms with Crippen molar-refractivity contribution in [3.8, 4) is 0 Å². The van der Waals surface area contributed by atoms with Gasteiger partial charge in [0, 0.05) is 22.5 Å². The topological polar surface area (TPSA) is 47.9 Å². The SMILES string of the molecule is CC[C@H]1C(C(=O)NN2CCc3ccccc32)=NN(c2ccc(Cl)cc2Cl)[C@@H]1c1ccc(Cl)cc1. The second-order valence-electron chi connectivity index (χ2n) is 8.41. The number of hydrazone groups is 1. The number of benzene rings is 3. The van der Waals surface area contributed by atoms with E-state index in [4.69, 9.17) is 39.9 Å². The molecule has 0 unspecified atom stereocenters. The number of rotatable bonds is 5. The molecule has 1 N–H and O–H groups in total. The predicted octanol–water partition coefficient (Wildman–Crippen LogP) is 6.68. The Morgan fingerprint density at radius 1 is 1.00 bits per heavy atom. The predicted molar refractivity (Wildman–Crippen MR) is 140 cm³/mol. The highest BCUT2D eigenvalue weighted by molar-refractivity contribution is 6.41. The first kappa shape index (κ1) is 23.0. The summed E-state index contributed by atoms with van der Waals surface area (Å²) in [6.07, 6.45) is 1.61. The van der Waals surface area contributed by atoms with Crippen LogP contribution in [0.3, 0.4) is 0 Å². The molecular formula is C26H23Cl3N4O. The molecule has 2 aliphatic heterocycles. The summed E-state index contributed by atoms with van der Waals surface area (Å²) in [6.45, 7) is 2.79. The monoisotopic (exact) mass is 512 g/mol. The van der Waals surface area contributed by atoms with E-state index in [2.05, 4.69) is 18.4 Å². The van der Waals surface area contributed by atoms with Gasteiger partial charge < -0.3 is 0 Å². The third-order valence-electron chi connectivity index (χ3n) is 6.38. The van der Waals surface area contributed by atoms with Gasteiger partial charge in [-0.2, -0.15) is 5.10 Å². The Labute approximate surface area is 213 Å². The fourth-order valence-corrected chi connectivity index (χ4v) is 5.36. The molecule has 8 heteroatoms. The summed E-state index contributed by atoms with van der Waals surface area (Å²) in [5.74, 6) is -0.360. The summed E-state index contributed by atoms with van der Waals surface area (Å²) >= 11 is 18.9. The molecule has 3 aromatic rings. The zero-order chi connectivity index (χ0) is 23.8. The van der Waals surface area contributed by atoms with Crippen LogP contribution in [0.25, 0.3) is 0 Å². The van der Waals surface area contributed by atoms with Crippen LogP contribution < -0.4 is 15.4 Å². The summed E-state index contributed by atoms with van der Waals surface area (Å²) in [7, 11) is 0. The lowest BCUT2D eigenvalue weighted by Crippen LogP contribution is -2.46. The Balaban J connectivity index is 1.52. The molecule has 3 aromatic carbocycles. The van der Waals surface area contributed by atoms with Gasteiger partial charge in [0.15, 0.2) is 0 Å². The Hall–Kier alpha value is -2.73. The second-order valence-corrected chi connectivity index (χ2v) is 9.69. The van der Waals surface area contributed by atoms with E-state index >= 15 is 0 Å². The number of hydrogen-bond acceptors (Lipinski definition) is 4. The number of fused-ring (bicyclic) bond motifs is 1. The minimum absolute atomic E-state index is 0.147. The van der Waals surface area contributed by atoms with Gasteiger partial charge in [-0.1, -0.05) is 72.1 Å². The zero-order valence-corrected chi connectivity index (χ0v) is 20.8. The van der Waals surface area contributed by atoms with E-state index in [0.717, 1.165) is 30.6 Å². The Bertz CT molecular complexity index is 1260. The number of anilines is 2. The molecule has 5 rings (SSSR count). The van der Waals surface area contributed by atoms with Crippen LogP contribution in [0.15, 0.2) is 71.8 Å². The van der Waals surface area contributed by atoms with Crippen LogP contribution in [0.4, 0.5) is 11.4 Å². The third-order valence-corrected chi connectivity index (χ3v) is 7.17. The van der Waals surface area contributed by atoms with Gasteiger partial charge in [0.05, 0.1) is 22.4 Å². The van der Waals surface area contributed by atoms with Gasteiger partial charge in [-0.25, -0.2) is 0 Å². The van der Waals surface area contributed by atoms with Crippen molar-refractivity contribution in [2.24, 2.45) is 11.0 Å². The second kappa shape index (κ2) is 9.49. The smallest absolute Gasteiger partial charge is 0.285 e. The molecule has 0 bridgehead atoms. The number of hydrazine groups is 1.